The first-order chi connectivity index (χ1) is 12.4. The van der Waals surface area contributed by atoms with Crippen molar-refractivity contribution in [3.8, 4) is 0 Å². The first-order valence-corrected chi connectivity index (χ1v) is 10.3. The Hall–Kier alpha value is -1.59. The van der Waals surface area contributed by atoms with Gasteiger partial charge in [-0.1, -0.05) is 38.5 Å². The van der Waals surface area contributed by atoms with E-state index in [0.717, 1.165) is 31.6 Å². The largest absolute Gasteiger partial charge is 0.444 e. The van der Waals surface area contributed by atoms with Crippen LogP contribution in [-0.4, -0.2) is 33.3 Å². The van der Waals surface area contributed by atoms with Gasteiger partial charge in [-0.3, -0.25) is 4.90 Å². The molecule has 0 spiro atoms. The van der Waals surface area contributed by atoms with Crippen molar-refractivity contribution in [3.63, 3.8) is 0 Å². The van der Waals surface area contributed by atoms with Crippen molar-refractivity contribution in [1.82, 2.24) is 15.1 Å². The van der Waals surface area contributed by atoms with Crippen LogP contribution in [0.15, 0.2) is 4.42 Å². The van der Waals surface area contributed by atoms with Crippen LogP contribution in [0.25, 0.3) is 0 Å². The fourth-order valence-electron chi connectivity index (χ4n) is 3.99. The maximum Gasteiger partial charge on any atom is 0.410 e. The van der Waals surface area contributed by atoms with Crippen LogP contribution in [0.4, 0.5) is 4.79 Å². The summed E-state index contributed by atoms with van der Waals surface area (Å²) >= 11 is 0. The zero-order valence-corrected chi connectivity index (χ0v) is 16.5. The highest BCUT2D eigenvalue weighted by molar-refractivity contribution is 5.69. The molecule has 1 aliphatic carbocycles. The maximum absolute atomic E-state index is 12.5. The van der Waals surface area contributed by atoms with Gasteiger partial charge in [0.1, 0.15) is 11.6 Å². The third-order valence-corrected chi connectivity index (χ3v) is 5.33. The van der Waals surface area contributed by atoms with Crippen LogP contribution in [0.3, 0.4) is 0 Å². The minimum atomic E-state index is -0.498. The lowest BCUT2D eigenvalue weighted by molar-refractivity contribution is 0.0203. The molecule has 0 unspecified atom stereocenters. The van der Waals surface area contributed by atoms with Gasteiger partial charge in [0, 0.05) is 12.5 Å². The quantitative estimate of drug-likeness (QED) is 0.707. The maximum atomic E-state index is 12.5. The number of nitrogens with zero attached hydrogens (tertiary/aromatic N) is 3. The predicted molar refractivity (Wildman–Crippen MR) is 98.9 cm³/mol. The van der Waals surface area contributed by atoms with Crippen LogP contribution in [-0.2, 0) is 4.74 Å². The molecule has 0 aromatic carbocycles. The molecule has 6 heteroatoms. The molecular formula is C20H33N3O3. The number of likely N-dealkylation sites (tertiary alicyclic amines) is 1. The lowest BCUT2D eigenvalue weighted by atomic mass is 9.97. The molecule has 26 heavy (non-hydrogen) atoms. The third kappa shape index (κ3) is 4.98. The van der Waals surface area contributed by atoms with Gasteiger partial charge in [0.2, 0.25) is 11.8 Å². The van der Waals surface area contributed by atoms with Gasteiger partial charge in [-0.2, -0.15) is 0 Å². The molecule has 0 bridgehead atoms. The summed E-state index contributed by atoms with van der Waals surface area (Å²) in [6.07, 6.45) is 11.5. The van der Waals surface area contributed by atoms with Crippen molar-refractivity contribution in [2.24, 2.45) is 0 Å². The second kappa shape index (κ2) is 8.40. The Kier molecular flexibility index (Phi) is 6.20. The lowest BCUT2D eigenvalue weighted by Crippen LogP contribution is -2.36. The monoisotopic (exact) mass is 363 g/mol. The van der Waals surface area contributed by atoms with Gasteiger partial charge >= 0.3 is 6.09 Å². The molecule has 1 aromatic rings. The zero-order chi connectivity index (χ0) is 18.6. The number of aromatic nitrogens is 2. The number of carbonyl (C=O) groups is 1. The van der Waals surface area contributed by atoms with Gasteiger partial charge in [0.25, 0.3) is 0 Å². The van der Waals surface area contributed by atoms with E-state index in [1.54, 1.807) is 4.90 Å². The first kappa shape index (κ1) is 19.2. The second-order valence-electron chi connectivity index (χ2n) is 8.71. The van der Waals surface area contributed by atoms with E-state index in [4.69, 9.17) is 9.15 Å². The molecule has 1 aliphatic heterocycles. The molecule has 1 saturated carbocycles. The molecule has 0 radical (unpaired) electrons. The van der Waals surface area contributed by atoms with Crippen LogP contribution in [0.2, 0.25) is 0 Å². The smallest absolute Gasteiger partial charge is 0.410 e. The van der Waals surface area contributed by atoms with Gasteiger partial charge in [-0.25, -0.2) is 4.79 Å². The summed E-state index contributed by atoms with van der Waals surface area (Å²) in [4.78, 5) is 14.2. The number of ether oxygens (including phenoxy) is 1. The molecule has 6 nitrogen and oxygen atoms in total. The first-order valence-electron chi connectivity index (χ1n) is 10.3. The molecule has 2 fully saturated rings. The average Bonchev–Trinajstić information content (AvgIpc) is 3.24. The van der Waals surface area contributed by atoms with Crippen molar-refractivity contribution in [3.05, 3.63) is 11.8 Å². The van der Waals surface area contributed by atoms with Crippen LogP contribution in [0.1, 0.15) is 109 Å². The van der Waals surface area contributed by atoms with Crippen molar-refractivity contribution >= 4 is 6.09 Å². The predicted octanol–water partition coefficient (Wildman–Crippen LogP) is 5.36. The highest BCUT2D eigenvalue weighted by Crippen LogP contribution is 2.35. The number of hydrogen-bond donors (Lipinski definition) is 0. The van der Waals surface area contributed by atoms with E-state index >= 15 is 0 Å². The van der Waals surface area contributed by atoms with E-state index in [9.17, 15) is 4.79 Å². The van der Waals surface area contributed by atoms with Gasteiger partial charge in [0.15, 0.2) is 0 Å². The number of carbonyl (C=O) groups excluding carboxylic acids is 1. The highest BCUT2D eigenvalue weighted by atomic mass is 16.6. The van der Waals surface area contributed by atoms with Gasteiger partial charge in [-0.05, 0) is 46.5 Å². The molecule has 3 rings (SSSR count). The zero-order valence-electron chi connectivity index (χ0n) is 16.5. The van der Waals surface area contributed by atoms with Crippen LogP contribution >= 0.6 is 0 Å². The third-order valence-electron chi connectivity index (χ3n) is 5.33. The van der Waals surface area contributed by atoms with E-state index in [2.05, 4.69) is 10.2 Å². The summed E-state index contributed by atoms with van der Waals surface area (Å²) in [6.45, 7) is 6.34. The van der Waals surface area contributed by atoms with E-state index in [0.29, 0.717) is 18.4 Å². The van der Waals surface area contributed by atoms with Crippen molar-refractivity contribution < 1.29 is 13.9 Å². The molecule has 2 aliphatic rings. The number of amides is 1. The summed E-state index contributed by atoms with van der Waals surface area (Å²) in [5.41, 5.74) is -0.498. The summed E-state index contributed by atoms with van der Waals surface area (Å²) in [5.74, 6) is 1.70. The van der Waals surface area contributed by atoms with E-state index in [1.165, 1.54) is 38.5 Å². The number of rotatable bonds is 2. The molecule has 0 N–H and O–H groups in total. The summed E-state index contributed by atoms with van der Waals surface area (Å²) in [7, 11) is 0. The Morgan fingerprint density at radius 2 is 1.58 bits per heavy atom. The van der Waals surface area contributed by atoms with E-state index in [-0.39, 0.29) is 12.1 Å². The fraction of sp³-hybridized carbons (Fsp3) is 0.850. The minimum absolute atomic E-state index is 0.151. The highest BCUT2D eigenvalue weighted by Gasteiger charge is 2.36. The molecule has 146 valence electrons. The molecule has 1 atom stereocenters. The molecule has 1 amide bonds. The molecule has 2 heterocycles. The topological polar surface area (TPSA) is 68.5 Å². The van der Waals surface area contributed by atoms with Gasteiger partial charge in [0.05, 0.1) is 0 Å². The van der Waals surface area contributed by atoms with Crippen LogP contribution in [0.5, 0.6) is 0 Å². The average molecular weight is 364 g/mol. The van der Waals surface area contributed by atoms with Gasteiger partial charge in [-0.15, -0.1) is 10.2 Å². The minimum Gasteiger partial charge on any atom is -0.444 e. The molecule has 1 saturated heterocycles. The van der Waals surface area contributed by atoms with Crippen molar-refractivity contribution in [2.75, 3.05) is 6.54 Å². The standard InChI is InChI=1S/C20H33N3O3/c1-20(2,3)26-19(24)23-14-10-13-16(23)18-22-21-17(25-18)15-11-8-6-4-5-7-9-12-15/h15-16H,4-14H2,1-3H3/t16-/m0/s1. The molecule has 1 aromatic heterocycles. The Morgan fingerprint density at radius 3 is 2.23 bits per heavy atom. The summed E-state index contributed by atoms with van der Waals surface area (Å²) < 4.78 is 11.6. The SMILES string of the molecule is CC(C)(C)OC(=O)N1CCC[C@H]1c1nnc(C2CCCCCCCC2)o1. The fourth-order valence-corrected chi connectivity index (χ4v) is 3.99. The lowest BCUT2D eigenvalue weighted by Gasteiger charge is -2.27. The Labute approximate surface area is 156 Å². The van der Waals surface area contributed by atoms with Gasteiger partial charge < -0.3 is 9.15 Å². The second-order valence-corrected chi connectivity index (χ2v) is 8.71. The Morgan fingerprint density at radius 1 is 0.962 bits per heavy atom. The van der Waals surface area contributed by atoms with Crippen LogP contribution in [0, 0.1) is 0 Å². The van der Waals surface area contributed by atoms with Crippen molar-refractivity contribution in [1.29, 1.82) is 0 Å². The normalized spacial score (nSPS) is 23.3. The van der Waals surface area contributed by atoms with Crippen LogP contribution < -0.4 is 0 Å². The van der Waals surface area contributed by atoms with E-state index < -0.39 is 5.60 Å². The summed E-state index contributed by atoms with van der Waals surface area (Å²) in [6, 6.07) is -0.151. The molecular weight excluding hydrogens is 330 g/mol. The number of hydrogen-bond acceptors (Lipinski definition) is 5. The van der Waals surface area contributed by atoms with E-state index in [1.807, 2.05) is 20.8 Å². The Balaban J connectivity index is 1.68. The summed E-state index contributed by atoms with van der Waals surface area (Å²) in [5, 5.41) is 8.67. The van der Waals surface area contributed by atoms with Crippen molar-refractivity contribution in [2.45, 2.75) is 103 Å². The Bertz CT molecular complexity index is 583.